The molecule has 0 saturated carbocycles. The van der Waals surface area contributed by atoms with Gasteiger partial charge in [0.15, 0.2) is 11.6 Å². The molecule has 2 aromatic heterocycles. The average Bonchev–Trinajstić information content (AvgIpc) is 3.27. The number of nitrogens with zero attached hydrogens (tertiary/aromatic N) is 2. The molecule has 0 spiro atoms. The first-order valence-electron chi connectivity index (χ1n) is 9.14. The van der Waals surface area contributed by atoms with Crippen molar-refractivity contribution in [1.82, 2.24) is 20.1 Å². The minimum absolute atomic E-state index is 0.290. The van der Waals surface area contributed by atoms with Crippen LogP contribution < -0.4 is 11.0 Å². The molecule has 8 nitrogen and oxygen atoms in total. The van der Waals surface area contributed by atoms with Gasteiger partial charge >= 0.3 is 5.69 Å². The summed E-state index contributed by atoms with van der Waals surface area (Å²) in [6, 6.07) is 13.1. The van der Waals surface area contributed by atoms with Crippen molar-refractivity contribution in [2.45, 2.75) is 13.5 Å². The number of H-pyrrole nitrogens is 2. The highest BCUT2D eigenvalue weighted by Gasteiger charge is 2.21. The lowest BCUT2D eigenvalue weighted by atomic mass is 10.1. The van der Waals surface area contributed by atoms with Crippen LogP contribution in [-0.4, -0.2) is 40.1 Å². The Morgan fingerprint density at radius 2 is 2.00 bits per heavy atom. The Balaban J connectivity index is 1.70. The van der Waals surface area contributed by atoms with E-state index in [9.17, 15) is 9.59 Å². The van der Waals surface area contributed by atoms with E-state index in [4.69, 9.17) is 4.42 Å². The Bertz CT molecular complexity index is 1250. The van der Waals surface area contributed by atoms with Gasteiger partial charge in [-0.25, -0.2) is 9.89 Å². The molecular formula is C21H21N5O3. The third kappa shape index (κ3) is 3.70. The zero-order valence-electron chi connectivity index (χ0n) is 16.4. The van der Waals surface area contributed by atoms with Crippen LogP contribution in [0.3, 0.4) is 0 Å². The molecular weight excluding hydrogens is 370 g/mol. The van der Waals surface area contributed by atoms with Crippen molar-refractivity contribution < 1.29 is 9.21 Å². The SMILES string of the molecule is Cc1ccc(-c2n[nH]c(=O)[nH]2)cc1NC(=O)c1oc2ccccc2c1CN(C)C. The number of aromatic nitrogens is 3. The summed E-state index contributed by atoms with van der Waals surface area (Å²) >= 11 is 0. The van der Waals surface area contributed by atoms with Crippen LogP contribution in [0.2, 0.25) is 0 Å². The molecule has 0 aliphatic heterocycles. The molecule has 0 unspecified atom stereocenters. The molecule has 1 amide bonds. The Morgan fingerprint density at radius 3 is 2.72 bits per heavy atom. The fraction of sp³-hybridized carbons (Fsp3) is 0.190. The first kappa shape index (κ1) is 18.7. The Labute approximate surface area is 166 Å². The van der Waals surface area contributed by atoms with E-state index in [-0.39, 0.29) is 17.4 Å². The van der Waals surface area contributed by atoms with Crippen LogP contribution in [0.15, 0.2) is 51.7 Å². The number of hydrogen-bond donors (Lipinski definition) is 3. The second kappa shape index (κ2) is 7.40. The van der Waals surface area contributed by atoms with E-state index in [1.54, 1.807) is 6.07 Å². The summed E-state index contributed by atoms with van der Waals surface area (Å²) in [5.74, 6) is 0.370. The third-order valence-electron chi connectivity index (χ3n) is 4.64. The first-order chi connectivity index (χ1) is 13.9. The summed E-state index contributed by atoms with van der Waals surface area (Å²) in [7, 11) is 3.89. The quantitative estimate of drug-likeness (QED) is 0.484. The number of benzene rings is 2. The van der Waals surface area contributed by atoms with Gasteiger partial charge in [0.25, 0.3) is 5.91 Å². The summed E-state index contributed by atoms with van der Waals surface area (Å²) in [6.45, 7) is 2.47. The highest BCUT2D eigenvalue weighted by molar-refractivity contribution is 6.07. The van der Waals surface area contributed by atoms with Crippen LogP contribution in [0.25, 0.3) is 22.4 Å². The van der Waals surface area contributed by atoms with Gasteiger partial charge in [0.05, 0.1) is 0 Å². The van der Waals surface area contributed by atoms with Crippen LogP contribution >= 0.6 is 0 Å². The predicted molar refractivity (Wildman–Crippen MR) is 111 cm³/mol. The zero-order valence-corrected chi connectivity index (χ0v) is 16.4. The molecule has 0 atom stereocenters. The van der Waals surface area contributed by atoms with E-state index >= 15 is 0 Å². The predicted octanol–water partition coefficient (Wildman–Crippen LogP) is 3.13. The maximum atomic E-state index is 13.1. The number of fused-ring (bicyclic) bond motifs is 1. The zero-order chi connectivity index (χ0) is 20.5. The monoisotopic (exact) mass is 391 g/mol. The van der Waals surface area contributed by atoms with E-state index < -0.39 is 0 Å². The normalized spacial score (nSPS) is 11.3. The number of rotatable bonds is 5. The Kier molecular flexibility index (Phi) is 4.77. The fourth-order valence-corrected chi connectivity index (χ4v) is 3.25. The molecule has 0 aliphatic rings. The lowest BCUT2D eigenvalue weighted by molar-refractivity contribution is 0.0996. The number of furan rings is 1. The van der Waals surface area contributed by atoms with E-state index in [1.807, 2.05) is 62.3 Å². The van der Waals surface area contributed by atoms with Crippen molar-refractivity contribution in [2.24, 2.45) is 0 Å². The minimum atomic E-state index is -0.387. The molecule has 2 aromatic carbocycles. The van der Waals surface area contributed by atoms with E-state index in [1.165, 1.54) is 0 Å². The lowest BCUT2D eigenvalue weighted by Crippen LogP contribution is -2.17. The highest BCUT2D eigenvalue weighted by Crippen LogP contribution is 2.29. The van der Waals surface area contributed by atoms with E-state index in [0.29, 0.717) is 29.2 Å². The summed E-state index contributed by atoms with van der Waals surface area (Å²) in [4.78, 5) is 29.0. The number of aromatic amines is 2. The van der Waals surface area contributed by atoms with Crippen molar-refractivity contribution in [3.05, 3.63) is 69.8 Å². The van der Waals surface area contributed by atoms with Crippen molar-refractivity contribution >= 4 is 22.6 Å². The van der Waals surface area contributed by atoms with Gasteiger partial charge in [-0.3, -0.25) is 9.78 Å². The van der Waals surface area contributed by atoms with Crippen LogP contribution in [-0.2, 0) is 6.54 Å². The molecule has 4 aromatic rings. The van der Waals surface area contributed by atoms with E-state index in [2.05, 4.69) is 20.5 Å². The molecule has 29 heavy (non-hydrogen) atoms. The van der Waals surface area contributed by atoms with E-state index in [0.717, 1.165) is 16.5 Å². The maximum absolute atomic E-state index is 13.1. The lowest BCUT2D eigenvalue weighted by Gasteiger charge is -2.12. The third-order valence-corrected chi connectivity index (χ3v) is 4.64. The molecule has 2 heterocycles. The summed E-state index contributed by atoms with van der Waals surface area (Å²) in [5, 5.41) is 10.1. The van der Waals surface area contributed by atoms with Crippen LogP contribution in [0.4, 0.5) is 5.69 Å². The maximum Gasteiger partial charge on any atom is 0.340 e. The van der Waals surface area contributed by atoms with Crippen molar-refractivity contribution in [3.8, 4) is 11.4 Å². The standard InChI is InChI=1S/C21H21N5O3/c1-12-8-9-13(19-23-21(28)25-24-19)10-16(12)22-20(27)18-15(11-26(2)3)14-6-4-5-7-17(14)29-18/h4-10H,11H2,1-3H3,(H,22,27)(H2,23,24,25,28). The van der Waals surface area contributed by atoms with Crippen LogP contribution in [0, 0.1) is 6.92 Å². The minimum Gasteiger partial charge on any atom is -0.451 e. The second-order valence-electron chi connectivity index (χ2n) is 7.15. The number of aryl methyl sites for hydroxylation is 1. The first-order valence-corrected chi connectivity index (χ1v) is 9.14. The van der Waals surface area contributed by atoms with Gasteiger partial charge in [-0.1, -0.05) is 30.3 Å². The van der Waals surface area contributed by atoms with Gasteiger partial charge in [-0.05, 0) is 38.7 Å². The smallest absolute Gasteiger partial charge is 0.340 e. The van der Waals surface area contributed by atoms with Crippen LogP contribution in [0.5, 0.6) is 0 Å². The van der Waals surface area contributed by atoms with Gasteiger partial charge in [0.2, 0.25) is 0 Å². The van der Waals surface area contributed by atoms with Crippen molar-refractivity contribution in [2.75, 3.05) is 19.4 Å². The largest absolute Gasteiger partial charge is 0.451 e. The molecule has 0 aliphatic carbocycles. The summed E-state index contributed by atoms with van der Waals surface area (Å²) in [5.41, 5.74) is 3.31. The number of hydrogen-bond acceptors (Lipinski definition) is 5. The number of para-hydroxylation sites is 1. The number of carbonyl (C=O) groups excluding carboxylic acids is 1. The van der Waals surface area contributed by atoms with Crippen LogP contribution in [0.1, 0.15) is 21.7 Å². The molecule has 0 radical (unpaired) electrons. The topological polar surface area (TPSA) is 107 Å². The second-order valence-corrected chi connectivity index (χ2v) is 7.15. The molecule has 148 valence electrons. The number of anilines is 1. The van der Waals surface area contributed by atoms with Crippen molar-refractivity contribution in [1.29, 1.82) is 0 Å². The fourth-order valence-electron chi connectivity index (χ4n) is 3.25. The molecule has 3 N–H and O–H groups in total. The highest BCUT2D eigenvalue weighted by atomic mass is 16.3. The summed E-state index contributed by atoms with van der Waals surface area (Å²) in [6.07, 6.45) is 0. The molecule has 0 bridgehead atoms. The van der Waals surface area contributed by atoms with Gasteiger partial charge in [0.1, 0.15) is 5.58 Å². The average molecular weight is 391 g/mol. The molecule has 0 saturated heterocycles. The Morgan fingerprint density at radius 1 is 1.21 bits per heavy atom. The summed E-state index contributed by atoms with van der Waals surface area (Å²) < 4.78 is 5.89. The van der Waals surface area contributed by atoms with Gasteiger partial charge in [-0.2, -0.15) is 5.10 Å². The molecule has 0 fully saturated rings. The van der Waals surface area contributed by atoms with Gasteiger partial charge < -0.3 is 14.6 Å². The molecule has 4 rings (SSSR count). The van der Waals surface area contributed by atoms with Gasteiger partial charge in [-0.15, -0.1) is 0 Å². The number of carbonyl (C=O) groups is 1. The Hall–Kier alpha value is -3.65. The van der Waals surface area contributed by atoms with Gasteiger partial charge in [0, 0.05) is 28.7 Å². The molecule has 8 heteroatoms. The van der Waals surface area contributed by atoms with Crippen molar-refractivity contribution in [3.63, 3.8) is 0 Å². The number of nitrogens with one attached hydrogen (secondary N) is 3. The number of amides is 1.